The fourth-order valence-corrected chi connectivity index (χ4v) is 43.0. The first kappa shape index (κ1) is 35.6. The number of hydrogen-bond acceptors (Lipinski definition) is 3. The van der Waals surface area contributed by atoms with E-state index < -0.39 is 114 Å². The van der Waals surface area contributed by atoms with Crippen molar-refractivity contribution in [1.82, 2.24) is 0 Å². The molecule has 0 aromatic rings. The Hall–Kier alpha value is 0.637. The van der Waals surface area contributed by atoms with E-state index in [0.717, 1.165) is 14.2 Å². The molecular weight excluding hydrogens is 730 g/mol. The molecular formula is C18H30F12O3Sn2. The fourth-order valence-electron chi connectivity index (χ4n) is 3.52. The molecule has 0 fully saturated rings. The Balaban J connectivity index is 5.88. The first-order chi connectivity index (χ1) is 15.7. The second-order valence-electron chi connectivity index (χ2n) is 8.21. The van der Waals surface area contributed by atoms with Gasteiger partial charge < -0.3 is 0 Å². The Morgan fingerprint density at radius 2 is 0.629 bits per heavy atom. The maximum absolute atomic E-state index is 12.7. The van der Waals surface area contributed by atoms with Crippen LogP contribution in [0.3, 0.4) is 0 Å². The molecule has 0 unspecified atom stereocenters. The molecule has 0 spiro atoms. The van der Waals surface area contributed by atoms with E-state index in [1.165, 1.54) is 0 Å². The minimum atomic E-state index is -4.85. The van der Waals surface area contributed by atoms with E-state index in [1.807, 2.05) is 0 Å². The molecule has 0 rings (SSSR count). The first-order valence-corrected chi connectivity index (χ1v) is 23.5. The Labute approximate surface area is 206 Å². The van der Waals surface area contributed by atoms with Crippen molar-refractivity contribution >= 4 is 38.4 Å². The second kappa shape index (κ2) is 14.7. The number of rotatable bonds is 16. The molecule has 212 valence electrons. The summed E-state index contributed by atoms with van der Waals surface area (Å²) in [5.41, 5.74) is 0. The molecule has 0 radical (unpaired) electrons. The second-order valence-corrected chi connectivity index (χ2v) is 31.1. The molecule has 0 aromatic heterocycles. The number of halogens is 12. The van der Waals surface area contributed by atoms with Crippen molar-refractivity contribution in [2.24, 2.45) is 0 Å². The molecule has 0 heterocycles. The van der Waals surface area contributed by atoms with Crippen molar-refractivity contribution in [2.75, 3.05) is 14.2 Å². The zero-order valence-electron chi connectivity index (χ0n) is 19.2. The van der Waals surface area contributed by atoms with Crippen molar-refractivity contribution < 1.29 is 60.2 Å². The Morgan fingerprint density at radius 3 is 0.771 bits per heavy atom. The summed E-state index contributed by atoms with van der Waals surface area (Å²) in [6.07, 6.45) is -25.6. The van der Waals surface area contributed by atoms with Crippen LogP contribution >= 0.6 is 0 Å². The zero-order valence-corrected chi connectivity index (χ0v) is 25.0. The maximum atomic E-state index is 12.7. The zero-order chi connectivity index (χ0) is 27.6. The van der Waals surface area contributed by atoms with Gasteiger partial charge in [-0.25, -0.2) is 0 Å². The van der Waals surface area contributed by atoms with Gasteiger partial charge in [-0.05, 0) is 0 Å². The van der Waals surface area contributed by atoms with Crippen LogP contribution in [0.5, 0.6) is 0 Å². The SMILES string of the molecule is C[O][Sn]([CH2]CCC(F)(F)F)([CH2]CCC(F)(F)F)[O][Sn]([CH2]CCC(F)(F)F)([CH2]CCC(F)(F)F)[O]C. The van der Waals surface area contributed by atoms with Crippen LogP contribution in [0.15, 0.2) is 0 Å². The van der Waals surface area contributed by atoms with Crippen molar-refractivity contribution in [1.29, 1.82) is 0 Å². The quantitative estimate of drug-likeness (QED) is 0.117. The number of hydrogen-bond donors (Lipinski definition) is 0. The molecule has 0 saturated carbocycles. The van der Waals surface area contributed by atoms with Gasteiger partial charge in [0.25, 0.3) is 0 Å². The van der Waals surface area contributed by atoms with Gasteiger partial charge >= 0.3 is 207 Å². The van der Waals surface area contributed by atoms with Gasteiger partial charge in [0.05, 0.1) is 0 Å². The molecule has 0 aromatic carbocycles. The topological polar surface area (TPSA) is 27.7 Å². The van der Waals surface area contributed by atoms with Crippen LogP contribution in [-0.2, 0) is 7.56 Å². The molecule has 3 nitrogen and oxygen atoms in total. The van der Waals surface area contributed by atoms with Crippen LogP contribution < -0.4 is 0 Å². The van der Waals surface area contributed by atoms with Gasteiger partial charge in [-0.1, -0.05) is 0 Å². The van der Waals surface area contributed by atoms with E-state index in [0.29, 0.717) is 0 Å². The summed E-state index contributed by atoms with van der Waals surface area (Å²) in [6, 6.07) is 0. The summed E-state index contributed by atoms with van der Waals surface area (Å²) in [4.78, 5) is 0. The van der Waals surface area contributed by atoms with Crippen molar-refractivity contribution in [3.63, 3.8) is 0 Å². The minimum absolute atomic E-state index is 0.358. The molecule has 35 heavy (non-hydrogen) atoms. The van der Waals surface area contributed by atoms with Crippen molar-refractivity contribution in [3.05, 3.63) is 0 Å². The van der Waals surface area contributed by atoms with Gasteiger partial charge in [-0.3, -0.25) is 0 Å². The van der Waals surface area contributed by atoms with E-state index in [-0.39, 0.29) is 17.7 Å². The number of alkyl halides is 12. The van der Waals surface area contributed by atoms with Crippen LogP contribution in [0.1, 0.15) is 51.4 Å². The third kappa shape index (κ3) is 18.5. The van der Waals surface area contributed by atoms with Gasteiger partial charge in [-0.2, -0.15) is 0 Å². The molecule has 0 amide bonds. The van der Waals surface area contributed by atoms with Crippen molar-refractivity contribution in [2.45, 2.75) is 93.8 Å². The summed E-state index contributed by atoms with van der Waals surface area (Å²) in [7, 11) is 2.10. The van der Waals surface area contributed by atoms with Crippen LogP contribution in [0, 0.1) is 0 Å². The van der Waals surface area contributed by atoms with E-state index in [9.17, 15) is 52.7 Å². The van der Waals surface area contributed by atoms with Crippen LogP contribution in [-0.4, -0.2) is 77.3 Å². The summed E-state index contributed by atoms with van der Waals surface area (Å²) in [6.45, 7) is 0. The van der Waals surface area contributed by atoms with E-state index in [4.69, 9.17) is 7.56 Å². The van der Waals surface area contributed by atoms with Gasteiger partial charge in [-0.15, -0.1) is 0 Å². The average Bonchev–Trinajstić information content (AvgIpc) is 2.63. The summed E-state index contributed by atoms with van der Waals surface area (Å²) in [5, 5.41) is 0. The Bertz CT molecular complexity index is 501. The predicted octanol–water partition coefficient (Wildman–Crippen LogP) is 8.55. The molecule has 0 aliphatic rings. The van der Waals surface area contributed by atoms with E-state index in [1.54, 1.807) is 0 Å². The summed E-state index contributed by atoms with van der Waals surface area (Å²) in [5.74, 6) is 0. The predicted molar refractivity (Wildman–Crippen MR) is 107 cm³/mol. The van der Waals surface area contributed by atoms with Gasteiger partial charge in [0.2, 0.25) is 0 Å². The molecule has 0 aliphatic heterocycles. The first-order valence-electron chi connectivity index (χ1n) is 10.7. The summed E-state index contributed by atoms with van der Waals surface area (Å²) < 4.78 is 168. The van der Waals surface area contributed by atoms with Gasteiger partial charge in [0.1, 0.15) is 0 Å². The third-order valence-electron chi connectivity index (χ3n) is 5.19. The fraction of sp³-hybridized carbons (Fsp3) is 1.00. The normalized spacial score (nSPS) is 14.6. The van der Waals surface area contributed by atoms with E-state index >= 15 is 0 Å². The molecule has 0 bridgehead atoms. The van der Waals surface area contributed by atoms with Gasteiger partial charge in [0, 0.05) is 0 Å². The molecule has 17 heteroatoms. The molecule has 0 aliphatic carbocycles. The van der Waals surface area contributed by atoms with Crippen LogP contribution in [0.2, 0.25) is 17.7 Å². The van der Waals surface area contributed by atoms with E-state index in [2.05, 4.69) is 0 Å². The molecule has 0 N–H and O–H groups in total. The third-order valence-corrected chi connectivity index (χ3v) is 38.5. The Morgan fingerprint density at radius 1 is 0.429 bits per heavy atom. The Kier molecular flexibility index (Phi) is 15.0. The average molecular weight is 760 g/mol. The molecule has 0 atom stereocenters. The van der Waals surface area contributed by atoms with Crippen LogP contribution in [0.4, 0.5) is 52.7 Å². The van der Waals surface area contributed by atoms with Gasteiger partial charge in [0.15, 0.2) is 0 Å². The monoisotopic (exact) mass is 762 g/mol. The summed E-state index contributed by atoms with van der Waals surface area (Å²) >= 11 is -9.71. The van der Waals surface area contributed by atoms with Crippen molar-refractivity contribution in [3.8, 4) is 0 Å². The van der Waals surface area contributed by atoms with Crippen LogP contribution in [0.25, 0.3) is 0 Å². The molecule has 0 saturated heterocycles. The standard InChI is InChI=1S/4C4H6F3.2CH3O.O.2Sn/c4*1-2-3-4(5,6)7;2*1-2;;;/h4*1-3H2;2*1H3;;;/q;;;;2*-1;;2*+1.